The third-order valence-corrected chi connectivity index (χ3v) is 3.91. The summed E-state index contributed by atoms with van der Waals surface area (Å²) in [5.41, 5.74) is -1.06. The number of nitriles is 1. The van der Waals surface area contributed by atoms with Gasteiger partial charge in [0.25, 0.3) is 0 Å². The van der Waals surface area contributed by atoms with E-state index in [9.17, 15) is 18.4 Å². The third kappa shape index (κ3) is 4.28. The van der Waals surface area contributed by atoms with E-state index in [4.69, 9.17) is 32.7 Å². The average molecular weight is 393 g/mol. The van der Waals surface area contributed by atoms with Crippen molar-refractivity contribution >= 4 is 23.2 Å². The number of aromatic nitrogens is 1. The molecule has 0 N–H and O–H groups in total. The zero-order valence-electron chi connectivity index (χ0n) is 13.0. The second-order valence-corrected chi connectivity index (χ2v) is 5.69. The number of ether oxygens (including phenoxy) is 2. The molecule has 1 aromatic heterocycles. The van der Waals surface area contributed by atoms with Crippen molar-refractivity contribution < 1.29 is 22.6 Å². The van der Waals surface area contributed by atoms with E-state index in [-0.39, 0.29) is 18.1 Å². The number of benzene rings is 1. The van der Waals surface area contributed by atoms with E-state index < -0.39 is 23.6 Å². The van der Waals surface area contributed by atoms with Crippen LogP contribution in [0.3, 0.4) is 0 Å². The SMILES string of the molecule is CCOCOCn1c(-c2ccc(Cl)cc2)c(C#N)c(Cl)c1C(F)(F)F. The van der Waals surface area contributed by atoms with Gasteiger partial charge < -0.3 is 14.0 Å². The Bertz CT molecular complexity index is 781. The van der Waals surface area contributed by atoms with Crippen molar-refractivity contribution in [1.29, 1.82) is 5.26 Å². The summed E-state index contributed by atoms with van der Waals surface area (Å²) in [6.45, 7) is 1.41. The summed E-state index contributed by atoms with van der Waals surface area (Å²) >= 11 is 11.7. The molecule has 0 bridgehead atoms. The minimum atomic E-state index is -4.76. The highest BCUT2D eigenvalue weighted by molar-refractivity contribution is 6.33. The summed E-state index contributed by atoms with van der Waals surface area (Å²) < 4.78 is 51.4. The number of nitrogens with zero attached hydrogens (tertiary/aromatic N) is 2. The second kappa shape index (κ2) is 8.11. The maximum absolute atomic E-state index is 13.5. The molecule has 2 aromatic rings. The van der Waals surface area contributed by atoms with Crippen LogP contribution in [-0.2, 0) is 22.4 Å². The number of rotatable bonds is 6. The van der Waals surface area contributed by atoms with E-state index in [1.807, 2.05) is 0 Å². The Labute approximate surface area is 152 Å². The lowest BCUT2D eigenvalue weighted by molar-refractivity contribution is -0.148. The van der Waals surface area contributed by atoms with Gasteiger partial charge in [-0.1, -0.05) is 35.3 Å². The first-order valence-corrected chi connectivity index (χ1v) is 7.87. The first kappa shape index (κ1) is 19.6. The van der Waals surface area contributed by atoms with Crippen molar-refractivity contribution in [3.05, 3.63) is 45.6 Å². The molecule has 0 fully saturated rings. The van der Waals surface area contributed by atoms with E-state index in [0.29, 0.717) is 17.2 Å². The standard InChI is InChI=1S/C16H13Cl2F3N2O2/c1-2-24-9-25-8-23-14(10-3-5-11(17)6-4-10)12(7-22)13(18)15(23)16(19,20)21/h3-6H,2,8-9H2,1H3. The molecule has 4 nitrogen and oxygen atoms in total. The lowest BCUT2D eigenvalue weighted by Crippen LogP contribution is -2.17. The molecule has 25 heavy (non-hydrogen) atoms. The molecule has 9 heteroatoms. The van der Waals surface area contributed by atoms with E-state index in [1.165, 1.54) is 24.3 Å². The van der Waals surface area contributed by atoms with Crippen LogP contribution in [0.25, 0.3) is 11.3 Å². The molecule has 0 aliphatic carbocycles. The van der Waals surface area contributed by atoms with Crippen molar-refractivity contribution in [3.8, 4) is 17.3 Å². The number of hydrogen-bond acceptors (Lipinski definition) is 3. The summed E-state index contributed by atoms with van der Waals surface area (Å²) in [4.78, 5) is 0. The molecule has 2 rings (SSSR count). The van der Waals surface area contributed by atoms with Crippen LogP contribution in [0.5, 0.6) is 0 Å². The second-order valence-electron chi connectivity index (χ2n) is 4.87. The Balaban J connectivity index is 2.62. The van der Waals surface area contributed by atoms with Crippen molar-refractivity contribution in [2.75, 3.05) is 13.4 Å². The van der Waals surface area contributed by atoms with Gasteiger partial charge in [0.05, 0.1) is 16.3 Å². The molecular weight excluding hydrogens is 380 g/mol. The van der Waals surface area contributed by atoms with Gasteiger partial charge in [-0.05, 0) is 24.6 Å². The van der Waals surface area contributed by atoms with Crippen LogP contribution in [-0.4, -0.2) is 18.0 Å². The molecule has 0 saturated carbocycles. The molecule has 1 heterocycles. The molecule has 1 aromatic carbocycles. The van der Waals surface area contributed by atoms with Gasteiger partial charge in [-0.25, -0.2) is 0 Å². The average Bonchev–Trinajstić information content (AvgIpc) is 2.84. The summed E-state index contributed by atoms with van der Waals surface area (Å²) in [7, 11) is 0. The zero-order chi connectivity index (χ0) is 18.6. The molecule has 134 valence electrons. The van der Waals surface area contributed by atoms with Gasteiger partial charge in [-0.2, -0.15) is 18.4 Å². The fourth-order valence-corrected chi connectivity index (χ4v) is 2.74. The van der Waals surface area contributed by atoms with Crippen LogP contribution in [0.4, 0.5) is 13.2 Å². The summed E-state index contributed by atoms with van der Waals surface area (Å²) in [6.07, 6.45) is -4.76. The maximum Gasteiger partial charge on any atom is 0.433 e. The molecule has 0 saturated heterocycles. The molecule has 0 amide bonds. The first-order chi connectivity index (χ1) is 11.8. The summed E-state index contributed by atoms with van der Waals surface area (Å²) in [5.74, 6) is 0. The molecule has 0 unspecified atom stereocenters. The molecule has 0 aliphatic rings. The van der Waals surface area contributed by atoms with Crippen LogP contribution in [0, 0.1) is 11.3 Å². The summed E-state index contributed by atoms with van der Waals surface area (Å²) in [6, 6.07) is 7.78. The molecule has 0 atom stereocenters. The lowest BCUT2D eigenvalue weighted by atomic mass is 10.1. The van der Waals surface area contributed by atoms with E-state index in [2.05, 4.69) is 0 Å². The minimum absolute atomic E-state index is 0.00740. The van der Waals surface area contributed by atoms with Crippen LogP contribution in [0.15, 0.2) is 24.3 Å². The van der Waals surface area contributed by atoms with Crippen molar-refractivity contribution in [1.82, 2.24) is 4.57 Å². The number of alkyl halides is 3. The molecule has 0 radical (unpaired) electrons. The lowest BCUT2D eigenvalue weighted by Gasteiger charge is -2.16. The number of halogens is 5. The van der Waals surface area contributed by atoms with Gasteiger partial charge in [0, 0.05) is 11.6 Å². The normalized spacial score (nSPS) is 11.6. The van der Waals surface area contributed by atoms with Crippen LogP contribution >= 0.6 is 23.2 Å². The predicted octanol–water partition coefficient (Wildman–Crippen LogP) is 5.32. The van der Waals surface area contributed by atoms with Crippen LogP contribution in [0.2, 0.25) is 10.0 Å². The highest BCUT2D eigenvalue weighted by Gasteiger charge is 2.41. The molecule has 0 spiro atoms. The van der Waals surface area contributed by atoms with Crippen molar-refractivity contribution in [2.24, 2.45) is 0 Å². The molecular formula is C16H13Cl2F3N2O2. The third-order valence-electron chi connectivity index (χ3n) is 3.29. The highest BCUT2D eigenvalue weighted by Crippen LogP contribution is 2.43. The Morgan fingerprint density at radius 2 is 1.80 bits per heavy atom. The zero-order valence-corrected chi connectivity index (χ0v) is 14.5. The van der Waals surface area contributed by atoms with Crippen LogP contribution < -0.4 is 0 Å². The smallest absolute Gasteiger partial charge is 0.356 e. The maximum atomic E-state index is 13.5. The van der Waals surface area contributed by atoms with E-state index in [1.54, 1.807) is 13.0 Å². The van der Waals surface area contributed by atoms with Gasteiger partial charge >= 0.3 is 6.18 Å². The number of hydrogen-bond donors (Lipinski definition) is 0. The monoisotopic (exact) mass is 392 g/mol. The van der Waals surface area contributed by atoms with Gasteiger partial charge in [-0.3, -0.25) is 0 Å². The first-order valence-electron chi connectivity index (χ1n) is 7.12. The van der Waals surface area contributed by atoms with Crippen molar-refractivity contribution in [3.63, 3.8) is 0 Å². The fraction of sp³-hybridized carbons (Fsp3) is 0.312. The Hall–Kier alpha value is -1.72. The Kier molecular flexibility index (Phi) is 6.36. The van der Waals surface area contributed by atoms with Gasteiger partial charge in [0.2, 0.25) is 0 Å². The fourth-order valence-electron chi connectivity index (χ4n) is 2.27. The van der Waals surface area contributed by atoms with Crippen molar-refractivity contribution in [2.45, 2.75) is 19.8 Å². The van der Waals surface area contributed by atoms with E-state index >= 15 is 0 Å². The topological polar surface area (TPSA) is 47.2 Å². The highest BCUT2D eigenvalue weighted by atomic mass is 35.5. The Morgan fingerprint density at radius 1 is 1.16 bits per heavy atom. The van der Waals surface area contributed by atoms with Gasteiger partial charge in [-0.15, -0.1) is 0 Å². The van der Waals surface area contributed by atoms with E-state index in [0.717, 1.165) is 4.57 Å². The predicted molar refractivity (Wildman–Crippen MR) is 87.2 cm³/mol. The van der Waals surface area contributed by atoms with Gasteiger partial charge in [0.15, 0.2) is 0 Å². The van der Waals surface area contributed by atoms with Crippen LogP contribution in [0.1, 0.15) is 18.2 Å². The quantitative estimate of drug-likeness (QED) is 0.493. The van der Waals surface area contributed by atoms with Gasteiger partial charge in [0.1, 0.15) is 25.3 Å². The molecule has 0 aliphatic heterocycles. The Morgan fingerprint density at radius 3 is 2.32 bits per heavy atom. The summed E-state index contributed by atoms with van der Waals surface area (Å²) in [5, 5.41) is 9.07. The largest absolute Gasteiger partial charge is 0.433 e. The minimum Gasteiger partial charge on any atom is -0.356 e.